The summed E-state index contributed by atoms with van der Waals surface area (Å²) < 4.78 is 31.6. The van der Waals surface area contributed by atoms with Crippen LogP contribution in [0.1, 0.15) is 56.2 Å². The Morgan fingerprint density at radius 1 is 1.42 bits per heavy atom. The smallest absolute Gasteiger partial charge is 0.214 e. The minimum atomic E-state index is -3.16. The van der Waals surface area contributed by atoms with Gasteiger partial charge in [-0.3, -0.25) is 0 Å². The van der Waals surface area contributed by atoms with Crippen LogP contribution in [0.25, 0.3) is 0 Å². The molecule has 0 radical (unpaired) electrons. The summed E-state index contributed by atoms with van der Waals surface area (Å²) in [6, 6.07) is -0.0854. The summed E-state index contributed by atoms with van der Waals surface area (Å²) in [6.45, 7) is 6.40. The van der Waals surface area contributed by atoms with E-state index in [9.17, 15) is 8.42 Å². The highest BCUT2D eigenvalue weighted by molar-refractivity contribution is 7.89. The van der Waals surface area contributed by atoms with Crippen LogP contribution in [0.3, 0.4) is 0 Å². The largest absolute Gasteiger partial charge is 0.361 e. The molecule has 1 atom stereocenters. The van der Waals surface area contributed by atoms with Gasteiger partial charge < -0.3 is 4.52 Å². The predicted octanol–water partition coefficient (Wildman–Crippen LogP) is 2.42. The van der Waals surface area contributed by atoms with Crippen LogP contribution in [-0.4, -0.2) is 30.2 Å². The van der Waals surface area contributed by atoms with Crippen LogP contribution < -0.4 is 0 Å². The molecule has 1 fully saturated rings. The van der Waals surface area contributed by atoms with E-state index in [0.29, 0.717) is 13.0 Å². The Labute approximate surface area is 115 Å². The molecule has 0 unspecified atom stereocenters. The molecule has 1 aliphatic rings. The lowest BCUT2D eigenvalue weighted by atomic mass is 10.0. The maximum atomic E-state index is 12.3. The van der Waals surface area contributed by atoms with Gasteiger partial charge in [-0.1, -0.05) is 19.0 Å². The van der Waals surface area contributed by atoms with Crippen molar-refractivity contribution in [3.05, 3.63) is 17.0 Å². The van der Waals surface area contributed by atoms with E-state index < -0.39 is 10.0 Å². The molecule has 0 aliphatic carbocycles. The van der Waals surface area contributed by atoms with Crippen molar-refractivity contribution in [1.29, 1.82) is 0 Å². The standard InChI is InChI=1S/C13H22N2O3S/c1-4-9-19(16,17)15-8-6-7-11(15)13-10(3)14-18-12(13)5-2/h11H,4-9H2,1-3H3/t11-/m0/s1. The van der Waals surface area contributed by atoms with Gasteiger partial charge in [-0.05, 0) is 26.2 Å². The summed E-state index contributed by atoms with van der Waals surface area (Å²) in [7, 11) is -3.16. The first-order valence-corrected chi connectivity index (χ1v) is 8.56. The second-order valence-corrected chi connectivity index (χ2v) is 7.08. The van der Waals surface area contributed by atoms with Gasteiger partial charge in [0, 0.05) is 18.5 Å². The molecule has 0 spiro atoms. The molecular weight excluding hydrogens is 264 g/mol. The molecule has 5 nitrogen and oxygen atoms in total. The van der Waals surface area contributed by atoms with Crippen molar-refractivity contribution in [2.75, 3.05) is 12.3 Å². The van der Waals surface area contributed by atoms with Gasteiger partial charge in [0.25, 0.3) is 0 Å². The van der Waals surface area contributed by atoms with E-state index in [1.165, 1.54) is 0 Å². The Hall–Kier alpha value is -0.880. The average molecular weight is 286 g/mol. The number of nitrogens with zero attached hydrogens (tertiary/aromatic N) is 2. The van der Waals surface area contributed by atoms with E-state index in [0.717, 1.165) is 36.3 Å². The van der Waals surface area contributed by atoms with Gasteiger partial charge in [-0.2, -0.15) is 4.31 Å². The second kappa shape index (κ2) is 5.63. The van der Waals surface area contributed by atoms with Crippen molar-refractivity contribution in [1.82, 2.24) is 9.46 Å². The molecule has 1 aromatic rings. The van der Waals surface area contributed by atoms with Crippen molar-refractivity contribution >= 4 is 10.0 Å². The molecule has 108 valence electrons. The van der Waals surface area contributed by atoms with Crippen LogP contribution >= 0.6 is 0 Å². The number of hydrogen-bond acceptors (Lipinski definition) is 4. The van der Waals surface area contributed by atoms with E-state index in [2.05, 4.69) is 5.16 Å². The number of hydrogen-bond donors (Lipinski definition) is 0. The first-order valence-electron chi connectivity index (χ1n) is 6.95. The number of sulfonamides is 1. The maximum absolute atomic E-state index is 12.3. The fourth-order valence-electron chi connectivity index (χ4n) is 2.84. The maximum Gasteiger partial charge on any atom is 0.214 e. The van der Waals surface area contributed by atoms with Crippen LogP contribution in [0.15, 0.2) is 4.52 Å². The first-order chi connectivity index (χ1) is 9.01. The number of aromatic nitrogens is 1. The van der Waals surface area contributed by atoms with Crippen LogP contribution in [0.5, 0.6) is 0 Å². The van der Waals surface area contributed by atoms with Crippen molar-refractivity contribution in [3.8, 4) is 0 Å². The van der Waals surface area contributed by atoms with Crippen molar-refractivity contribution < 1.29 is 12.9 Å². The average Bonchev–Trinajstić information content (AvgIpc) is 2.94. The van der Waals surface area contributed by atoms with Crippen LogP contribution in [-0.2, 0) is 16.4 Å². The van der Waals surface area contributed by atoms with E-state index in [1.54, 1.807) is 4.31 Å². The van der Waals surface area contributed by atoms with Crippen LogP contribution in [0, 0.1) is 6.92 Å². The fourth-order valence-corrected chi connectivity index (χ4v) is 4.60. The molecule has 2 rings (SSSR count). The van der Waals surface area contributed by atoms with Gasteiger partial charge in [0.1, 0.15) is 5.76 Å². The third-order valence-corrected chi connectivity index (χ3v) is 5.74. The molecule has 1 aliphatic heterocycles. The zero-order valence-corrected chi connectivity index (χ0v) is 12.7. The molecule has 0 amide bonds. The molecule has 0 aromatic carbocycles. The quantitative estimate of drug-likeness (QED) is 0.834. The Bertz CT molecular complexity index is 536. The topological polar surface area (TPSA) is 63.4 Å². The summed E-state index contributed by atoms with van der Waals surface area (Å²) in [4.78, 5) is 0. The molecule has 6 heteroatoms. The van der Waals surface area contributed by atoms with E-state index in [4.69, 9.17) is 4.52 Å². The zero-order valence-electron chi connectivity index (χ0n) is 11.8. The summed E-state index contributed by atoms with van der Waals surface area (Å²) in [5.41, 5.74) is 1.81. The third-order valence-electron chi connectivity index (χ3n) is 3.66. The SMILES string of the molecule is CCCS(=O)(=O)N1CCC[C@H]1c1c(C)noc1CC. The normalized spacial score (nSPS) is 21.1. The fraction of sp³-hybridized carbons (Fsp3) is 0.769. The van der Waals surface area contributed by atoms with E-state index >= 15 is 0 Å². The molecule has 1 aromatic heterocycles. The molecule has 1 saturated heterocycles. The minimum Gasteiger partial charge on any atom is -0.361 e. The van der Waals surface area contributed by atoms with Crippen molar-refractivity contribution in [2.24, 2.45) is 0 Å². The van der Waals surface area contributed by atoms with Crippen molar-refractivity contribution in [2.45, 2.75) is 52.5 Å². The van der Waals surface area contributed by atoms with Gasteiger partial charge in [-0.15, -0.1) is 0 Å². The molecule has 19 heavy (non-hydrogen) atoms. The highest BCUT2D eigenvalue weighted by Crippen LogP contribution is 2.37. The number of aryl methyl sites for hydroxylation is 2. The Balaban J connectivity index is 2.36. The summed E-state index contributed by atoms with van der Waals surface area (Å²) in [5, 5.41) is 4.00. The molecule has 2 heterocycles. The summed E-state index contributed by atoms with van der Waals surface area (Å²) in [5.74, 6) is 1.04. The number of rotatable bonds is 5. The molecule has 0 saturated carbocycles. The molecular formula is C13H22N2O3S. The lowest BCUT2D eigenvalue weighted by Gasteiger charge is -2.24. The van der Waals surface area contributed by atoms with Gasteiger partial charge >= 0.3 is 0 Å². The van der Waals surface area contributed by atoms with Gasteiger partial charge in [0.15, 0.2) is 0 Å². The summed E-state index contributed by atoms with van der Waals surface area (Å²) >= 11 is 0. The lowest BCUT2D eigenvalue weighted by molar-refractivity contribution is 0.368. The highest BCUT2D eigenvalue weighted by atomic mass is 32.2. The Kier molecular flexibility index (Phi) is 4.30. The molecule has 0 bridgehead atoms. The van der Waals surface area contributed by atoms with Gasteiger partial charge in [-0.25, -0.2) is 8.42 Å². The van der Waals surface area contributed by atoms with E-state index in [-0.39, 0.29) is 11.8 Å². The zero-order chi connectivity index (χ0) is 14.0. The Morgan fingerprint density at radius 2 is 2.16 bits per heavy atom. The summed E-state index contributed by atoms with van der Waals surface area (Å²) in [6.07, 6.45) is 3.16. The predicted molar refractivity (Wildman–Crippen MR) is 73.4 cm³/mol. The van der Waals surface area contributed by atoms with E-state index in [1.807, 2.05) is 20.8 Å². The molecule has 0 N–H and O–H groups in total. The monoisotopic (exact) mass is 286 g/mol. The van der Waals surface area contributed by atoms with Crippen LogP contribution in [0.4, 0.5) is 0 Å². The third kappa shape index (κ3) is 2.69. The first kappa shape index (κ1) is 14.5. The minimum absolute atomic E-state index is 0.0854. The highest BCUT2D eigenvalue weighted by Gasteiger charge is 2.37. The van der Waals surface area contributed by atoms with Gasteiger partial charge in [0.2, 0.25) is 10.0 Å². The second-order valence-electron chi connectivity index (χ2n) is 5.04. The van der Waals surface area contributed by atoms with Crippen LogP contribution in [0.2, 0.25) is 0 Å². The van der Waals surface area contributed by atoms with Crippen molar-refractivity contribution in [3.63, 3.8) is 0 Å². The van der Waals surface area contributed by atoms with Gasteiger partial charge in [0.05, 0.1) is 17.5 Å². The Morgan fingerprint density at radius 3 is 2.79 bits per heavy atom. The lowest BCUT2D eigenvalue weighted by Crippen LogP contribution is -2.33.